The van der Waals surface area contributed by atoms with Gasteiger partial charge in [0.05, 0.1) is 37.2 Å². The third-order valence-corrected chi connectivity index (χ3v) is 12.1. The summed E-state index contributed by atoms with van der Waals surface area (Å²) >= 11 is 11.9. The fraction of sp³-hybridized carbons (Fsp3) is 0.372. The van der Waals surface area contributed by atoms with Gasteiger partial charge in [-0.25, -0.2) is 28.2 Å². The molecule has 370 valence electrons. The fourth-order valence-electron chi connectivity index (χ4n) is 8.29. The number of piperidine rings is 1. The van der Waals surface area contributed by atoms with Crippen LogP contribution in [0.15, 0.2) is 54.7 Å². The molecule has 2 aromatic heterocycles. The van der Waals surface area contributed by atoms with Gasteiger partial charge in [0, 0.05) is 41.7 Å². The van der Waals surface area contributed by atoms with Crippen molar-refractivity contribution in [2.45, 2.75) is 75.9 Å². The highest BCUT2D eigenvalue weighted by molar-refractivity contribution is 6.31. The first-order valence-electron chi connectivity index (χ1n) is 21.1. The summed E-state index contributed by atoms with van der Waals surface area (Å²) in [5, 5.41) is 39.2. The summed E-state index contributed by atoms with van der Waals surface area (Å²) in [5.74, 6) is -5.60. The molecular formula is C43H39Cl2F5N10O10. The van der Waals surface area contributed by atoms with Gasteiger partial charge >= 0.3 is 6.18 Å². The molecule has 1 unspecified atom stereocenters. The van der Waals surface area contributed by atoms with E-state index in [2.05, 4.69) is 31.0 Å². The van der Waals surface area contributed by atoms with Crippen LogP contribution in [0.3, 0.4) is 0 Å². The number of aryl methyl sites for hydroxylation is 1. The lowest BCUT2D eigenvalue weighted by atomic mass is 9.92. The van der Waals surface area contributed by atoms with Crippen LogP contribution in [0.5, 0.6) is 0 Å². The third kappa shape index (κ3) is 10.2. The predicted molar refractivity (Wildman–Crippen MR) is 230 cm³/mol. The van der Waals surface area contributed by atoms with Gasteiger partial charge in [-0.3, -0.25) is 34.1 Å². The Morgan fingerprint density at radius 1 is 1.07 bits per heavy atom. The number of nitrogens with one attached hydrogen (secondary N) is 2. The van der Waals surface area contributed by atoms with Crippen molar-refractivity contribution in [2.24, 2.45) is 0 Å². The number of carbonyl (C=O) groups is 5. The van der Waals surface area contributed by atoms with Crippen LogP contribution in [0.4, 0.5) is 27.6 Å². The molecule has 4 N–H and O–H groups in total. The number of aliphatic hydroxyl groups excluding tert-OH is 2. The largest absolute Gasteiger partial charge is 0.418 e. The number of halogens is 7. The van der Waals surface area contributed by atoms with Crippen molar-refractivity contribution in [2.75, 3.05) is 31.7 Å². The molecule has 3 aliphatic heterocycles. The molecule has 0 bridgehead atoms. The lowest BCUT2D eigenvalue weighted by Crippen LogP contribution is -2.56. The highest BCUT2D eigenvalue weighted by atomic mass is 35.5. The first-order chi connectivity index (χ1) is 33.2. The van der Waals surface area contributed by atoms with Gasteiger partial charge in [0.2, 0.25) is 23.6 Å². The minimum atomic E-state index is -4.95. The number of amides is 5. The van der Waals surface area contributed by atoms with Crippen molar-refractivity contribution in [1.29, 1.82) is 0 Å². The smallest absolute Gasteiger partial charge is 0.394 e. The Hall–Kier alpha value is -6.48. The van der Waals surface area contributed by atoms with E-state index >= 15 is 0 Å². The number of carbonyl (C=O) groups excluding carboxylic acids is 5. The van der Waals surface area contributed by atoms with E-state index in [1.54, 1.807) is 6.07 Å². The molecule has 2 fully saturated rings. The molecule has 27 heteroatoms. The second-order valence-corrected chi connectivity index (χ2v) is 17.1. The Bertz CT molecular complexity index is 2860. The molecule has 3 aromatic carbocycles. The molecule has 5 heterocycles. The lowest BCUT2D eigenvalue weighted by Gasteiger charge is -2.44. The Morgan fingerprint density at radius 3 is 2.50 bits per heavy atom. The number of ether oxygens (including phenoxy) is 2. The van der Waals surface area contributed by atoms with Crippen LogP contribution in [0.1, 0.15) is 65.0 Å². The quantitative estimate of drug-likeness (QED) is 0.0404. The van der Waals surface area contributed by atoms with Crippen LogP contribution >= 0.6 is 23.2 Å². The number of rotatable bonds is 14. The van der Waals surface area contributed by atoms with Gasteiger partial charge in [0.25, 0.3) is 5.91 Å². The molecule has 3 aliphatic rings. The predicted octanol–water partition coefficient (Wildman–Crippen LogP) is 4.04. The zero-order chi connectivity index (χ0) is 50.3. The first kappa shape index (κ1) is 49.9. The number of alkyl halides is 3. The Labute approximate surface area is 402 Å². The number of fused-ring (bicyclic) bond motifs is 1. The summed E-state index contributed by atoms with van der Waals surface area (Å²) in [5.41, 5.74) is -0.965. The average Bonchev–Trinajstić information content (AvgIpc) is 4.03. The topological polar surface area (TPSA) is 245 Å². The average molecular weight is 1020 g/mol. The zero-order valence-corrected chi connectivity index (χ0v) is 38.0. The van der Waals surface area contributed by atoms with Gasteiger partial charge in [-0.2, -0.15) is 18.3 Å². The van der Waals surface area contributed by atoms with Gasteiger partial charge in [0.15, 0.2) is 5.82 Å². The number of aromatic nitrogens is 6. The summed E-state index contributed by atoms with van der Waals surface area (Å²) in [6, 6.07) is 6.55. The van der Waals surface area contributed by atoms with Crippen molar-refractivity contribution < 1.29 is 70.4 Å². The van der Waals surface area contributed by atoms with Crippen molar-refractivity contribution in [3.05, 3.63) is 105 Å². The second-order valence-electron chi connectivity index (χ2n) is 16.2. The maximum Gasteiger partial charge on any atom is 0.418 e. The van der Waals surface area contributed by atoms with E-state index in [-0.39, 0.29) is 53.9 Å². The Kier molecular flexibility index (Phi) is 14.3. The second kappa shape index (κ2) is 20.1. The number of hydrogen-bond donors (Lipinski definition) is 4. The number of hydroxylamine groups is 2. The van der Waals surface area contributed by atoms with Crippen LogP contribution in [-0.4, -0.2) is 130 Å². The fourth-order valence-corrected chi connectivity index (χ4v) is 8.56. The van der Waals surface area contributed by atoms with E-state index in [4.69, 9.17) is 37.5 Å². The summed E-state index contributed by atoms with van der Waals surface area (Å²) in [4.78, 5) is 75.5. The molecule has 70 heavy (non-hydrogen) atoms. The van der Waals surface area contributed by atoms with Crippen molar-refractivity contribution in [3.63, 3.8) is 0 Å². The third-order valence-electron chi connectivity index (χ3n) is 11.5. The van der Waals surface area contributed by atoms with Gasteiger partial charge < -0.3 is 29.9 Å². The molecule has 0 radical (unpaired) electrons. The maximum atomic E-state index is 14.6. The molecule has 0 saturated carbocycles. The van der Waals surface area contributed by atoms with E-state index in [1.165, 1.54) is 24.0 Å². The van der Waals surface area contributed by atoms with E-state index in [9.17, 15) is 56.1 Å². The van der Waals surface area contributed by atoms with Crippen LogP contribution in [0.25, 0.3) is 16.9 Å². The summed E-state index contributed by atoms with van der Waals surface area (Å²) in [7, 11) is 0. The number of imide groups is 1. The number of aliphatic hydroxyl groups is 2. The number of anilines is 1. The molecule has 0 aliphatic carbocycles. The molecule has 5 amide bonds. The van der Waals surface area contributed by atoms with Gasteiger partial charge in [-0.05, 0) is 67.4 Å². The number of benzene rings is 3. The molecule has 8 rings (SSSR count). The van der Waals surface area contributed by atoms with E-state index in [1.807, 2.05) is 0 Å². The summed E-state index contributed by atoms with van der Waals surface area (Å²) in [6.45, 7) is 0.212. The monoisotopic (exact) mass is 1020 g/mol. The highest BCUT2D eigenvalue weighted by Crippen LogP contribution is 2.43. The number of hydrogen-bond acceptors (Lipinski definition) is 14. The van der Waals surface area contributed by atoms with E-state index < -0.39 is 120 Å². The Balaban J connectivity index is 1.05. The first-order valence-corrected chi connectivity index (χ1v) is 21.9. The van der Waals surface area contributed by atoms with Gasteiger partial charge in [0.1, 0.15) is 71.3 Å². The van der Waals surface area contributed by atoms with Gasteiger partial charge in [-0.15, -0.1) is 5.10 Å². The van der Waals surface area contributed by atoms with Crippen LogP contribution in [-0.2, 0) is 46.2 Å². The van der Waals surface area contributed by atoms with Crippen LogP contribution < -0.4 is 10.6 Å². The standard InChI is InChI=1S/C43H39Cl2F5N10O10/c1-19-51-40(60(55-19)31-14-23(44)3-6-26(31)43(48,49)50)39-38(36(37(65)32(17-61)69-39)58-16-29(54-56-58)21-12-27(46)35(45)28(47)13-21)70-59(20(2)62)9-10-68-18-34(64)52-24-4-5-25-22(11-24)15-57(42(25)67)30-7-8-33(63)53-41(30)66/h3-6,11-14,16,30,32,36-39,61,65H,7-10,15,17-18H2,1-2H3,(H,52,64)(H,53,63,66)/t30?,32-,36+,37+,38-,39-/m1/s1. The van der Waals surface area contributed by atoms with Crippen molar-refractivity contribution in [3.8, 4) is 16.9 Å². The normalized spacial score (nSPS) is 21.5. The lowest BCUT2D eigenvalue weighted by molar-refractivity contribution is -0.286. The van der Waals surface area contributed by atoms with E-state index in [0.29, 0.717) is 16.8 Å². The summed E-state index contributed by atoms with van der Waals surface area (Å²) < 4.78 is 86.1. The minimum Gasteiger partial charge on any atom is -0.394 e. The molecule has 2 saturated heterocycles. The molecule has 6 atom stereocenters. The van der Waals surface area contributed by atoms with Crippen molar-refractivity contribution >= 4 is 58.4 Å². The maximum absolute atomic E-state index is 14.6. The van der Waals surface area contributed by atoms with Crippen molar-refractivity contribution in [1.82, 2.24) is 45.0 Å². The number of nitrogens with zero attached hydrogens (tertiary/aromatic N) is 8. The van der Waals surface area contributed by atoms with E-state index in [0.717, 1.165) is 57.9 Å². The minimum absolute atomic E-state index is 0.0561. The van der Waals surface area contributed by atoms with Crippen LogP contribution in [0.2, 0.25) is 10.0 Å². The SMILES string of the molecule is CC(=O)N(CCOCC(=O)Nc1ccc2c(c1)CN(C1CCC(=O)NC1=O)C2=O)O[C@@H]1[C@@H](n2cc(-c3cc(F)c(Cl)c(F)c3)nn2)[C@@H](O)[C@@H](CO)O[C@H]1c1nc(C)nn1-c1cc(Cl)ccc1C(F)(F)F. The Morgan fingerprint density at radius 2 is 1.81 bits per heavy atom. The molecule has 20 nitrogen and oxygen atoms in total. The summed E-state index contributed by atoms with van der Waals surface area (Å²) in [6.07, 6.45) is -10.4. The zero-order valence-electron chi connectivity index (χ0n) is 36.5. The highest BCUT2D eigenvalue weighted by Gasteiger charge is 2.52. The molecular weight excluding hydrogens is 982 g/mol. The van der Waals surface area contributed by atoms with Crippen LogP contribution in [0, 0.1) is 18.6 Å². The molecule has 5 aromatic rings. The van der Waals surface area contributed by atoms with Gasteiger partial charge in [-0.1, -0.05) is 28.4 Å². The molecule has 0 spiro atoms.